The van der Waals surface area contributed by atoms with Crippen LogP contribution in [-0.4, -0.2) is 9.97 Å². The maximum absolute atomic E-state index is 13.7. The van der Waals surface area contributed by atoms with Gasteiger partial charge in [0.2, 0.25) is 0 Å². The summed E-state index contributed by atoms with van der Waals surface area (Å²) in [6, 6.07) is 7.29. The van der Waals surface area contributed by atoms with Gasteiger partial charge in [0.25, 0.3) is 0 Å². The molecule has 0 unspecified atom stereocenters. The van der Waals surface area contributed by atoms with E-state index in [-0.39, 0.29) is 21.9 Å². The first-order valence-electron chi connectivity index (χ1n) is 5.63. The Bertz CT molecular complexity index is 821. The van der Waals surface area contributed by atoms with Crippen molar-refractivity contribution in [3.05, 3.63) is 59.0 Å². The van der Waals surface area contributed by atoms with Gasteiger partial charge >= 0.3 is 0 Å². The highest BCUT2D eigenvalue weighted by atomic mass is 35.5. The molecule has 0 aliphatic carbocycles. The summed E-state index contributed by atoms with van der Waals surface area (Å²) in [5.41, 5.74) is 0.253. The second-order valence-corrected chi connectivity index (χ2v) is 4.49. The SMILES string of the molecule is Fc1cccc(-c2nc(Cl)c3cc(F)cc(F)c3n2)c1. The minimum Gasteiger partial charge on any atom is -0.225 e. The van der Waals surface area contributed by atoms with E-state index in [0.717, 1.165) is 6.07 Å². The molecule has 3 rings (SSSR count). The van der Waals surface area contributed by atoms with Crippen molar-refractivity contribution in [3.63, 3.8) is 0 Å². The first-order valence-corrected chi connectivity index (χ1v) is 6.00. The van der Waals surface area contributed by atoms with Gasteiger partial charge in [-0.05, 0) is 18.2 Å². The lowest BCUT2D eigenvalue weighted by Gasteiger charge is -2.06. The summed E-state index contributed by atoms with van der Waals surface area (Å²) in [6.45, 7) is 0. The third kappa shape index (κ3) is 2.20. The van der Waals surface area contributed by atoms with Crippen molar-refractivity contribution in [3.8, 4) is 11.4 Å². The van der Waals surface area contributed by atoms with Crippen LogP contribution < -0.4 is 0 Å². The molecule has 1 aromatic heterocycles. The number of hydrogen-bond donors (Lipinski definition) is 0. The Balaban J connectivity index is 2.29. The molecule has 20 heavy (non-hydrogen) atoms. The molecule has 100 valence electrons. The van der Waals surface area contributed by atoms with Crippen LogP contribution in [0.4, 0.5) is 13.2 Å². The highest BCUT2D eigenvalue weighted by molar-refractivity contribution is 6.34. The first-order chi connectivity index (χ1) is 9.54. The molecule has 0 amide bonds. The molecule has 1 heterocycles. The molecular weight excluding hydrogens is 289 g/mol. The van der Waals surface area contributed by atoms with Gasteiger partial charge in [-0.15, -0.1) is 0 Å². The molecule has 2 nitrogen and oxygen atoms in total. The summed E-state index contributed by atoms with van der Waals surface area (Å²) in [7, 11) is 0. The molecule has 0 aliphatic rings. The first kappa shape index (κ1) is 12.9. The Morgan fingerprint density at radius 1 is 0.900 bits per heavy atom. The van der Waals surface area contributed by atoms with E-state index < -0.39 is 17.5 Å². The Morgan fingerprint density at radius 3 is 2.45 bits per heavy atom. The molecule has 2 aromatic carbocycles. The van der Waals surface area contributed by atoms with E-state index in [4.69, 9.17) is 11.6 Å². The van der Waals surface area contributed by atoms with Gasteiger partial charge in [0, 0.05) is 17.0 Å². The van der Waals surface area contributed by atoms with Gasteiger partial charge in [-0.25, -0.2) is 23.1 Å². The topological polar surface area (TPSA) is 25.8 Å². The minimum absolute atomic E-state index is 0.0734. The molecule has 0 saturated carbocycles. The normalized spacial score (nSPS) is 11.0. The molecule has 0 bridgehead atoms. The zero-order valence-corrected chi connectivity index (χ0v) is 10.6. The predicted molar refractivity (Wildman–Crippen MR) is 69.9 cm³/mol. The van der Waals surface area contributed by atoms with Gasteiger partial charge in [-0.2, -0.15) is 0 Å². The Hall–Kier alpha value is -2.14. The fraction of sp³-hybridized carbons (Fsp3) is 0. The van der Waals surface area contributed by atoms with Crippen LogP contribution in [0, 0.1) is 17.5 Å². The predicted octanol–water partition coefficient (Wildman–Crippen LogP) is 4.37. The smallest absolute Gasteiger partial charge is 0.161 e. The summed E-state index contributed by atoms with van der Waals surface area (Å²) < 4.78 is 40.1. The highest BCUT2D eigenvalue weighted by Gasteiger charge is 2.13. The second-order valence-electron chi connectivity index (χ2n) is 4.13. The van der Waals surface area contributed by atoms with Crippen LogP contribution in [-0.2, 0) is 0 Å². The number of hydrogen-bond acceptors (Lipinski definition) is 2. The zero-order valence-electron chi connectivity index (χ0n) is 9.87. The summed E-state index contributed by atoms with van der Waals surface area (Å²) in [5, 5.41) is -0.0167. The lowest BCUT2D eigenvalue weighted by Crippen LogP contribution is -1.95. The standard InChI is InChI=1S/C14H6ClF3N2/c15-13-10-5-9(17)6-11(18)12(10)19-14(20-13)7-2-1-3-8(16)4-7/h1-6H. The largest absolute Gasteiger partial charge is 0.225 e. The van der Waals surface area contributed by atoms with E-state index in [0.29, 0.717) is 11.6 Å². The average molecular weight is 295 g/mol. The Labute approximate surface area is 116 Å². The van der Waals surface area contributed by atoms with E-state index in [1.165, 1.54) is 18.2 Å². The van der Waals surface area contributed by atoms with E-state index in [2.05, 4.69) is 9.97 Å². The third-order valence-corrected chi connectivity index (χ3v) is 3.04. The van der Waals surface area contributed by atoms with Crippen LogP contribution in [0.15, 0.2) is 36.4 Å². The molecule has 0 atom stereocenters. The van der Waals surface area contributed by atoms with Crippen molar-refractivity contribution in [2.24, 2.45) is 0 Å². The Kier molecular flexibility index (Phi) is 3.06. The monoisotopic (exact) mass is 294 g/mol. The van der Waals surface area contributed by atoms with Gasteiger partial charge in [-0.3, -0.25) is 0 Å². The van der Waals surface area contributed by atoms with E-state index >= 15 is 0 Å². The fourth-order valence-corrected chi connectivity index (χ4v) is 2.10. The number of halogens is 4. The quantitative estimate of drug-likeness (QED) is 0.623. The number of nitrogens with zero attached hydrogens (tertiary/aromatic N) is 2. The van der Waals surface area contributed by atoms with Crippen LogP contribution in [0.2, 0.25) is 5.15 Å². The minimum atomic E-state index is -0.845. The summed E-state index contributed by atoms with van der Waals surface area (Å²) in [4.78, 5) is 7.93. The van der Waals surface area contributed by atoms with Crippen molar-refractivity contribution < 1.29 is 13.2 Å². The Morgan fingerprint density at radius 2 is 1.70 bits per heavy atom. The molecule has 0 radical (unpaired) electrons. The van der Waals surface area contributed by atoms with Crippen molar-refractivity contribution in [2.45, 2.75) is 0 Å². The number of rotatable bonds is 1. The van der Waals surface area contributed by atoms with Crippen molar-refractivity contribution in [1.82, 2.24) is 9.97 Å². The molecule has 0 spiro atoms. The summed E-state index contributed by atoms with van der Waals surface area (Å²) >= 11 is 5.92. The molecular formula is C14H6ClF3N2. The van der Waals surface area contributed by atoms with Gasteiger partial charge in [-0.1, -0.05) is 23.7 Å². The fourth-order valence-electron chi connectivity index (χ4n) is 1.88. The van der Waals surface area contributed by atoms with Crippen molar-refractivity contribution >= 4 is 22.5 Å². The molecule has 0 N–H and O–H groups in total. The molecule has 0 fully saturated rings. The van der Waals surface area contributed by atoms with Crippen LogP contribution in [0.1, 0.15) is 0 Å². The van der Waals surface area contributed by atoms with Crippen molar-refractivity contribution in [1.29, 1.82) is 0 Å². The third-order valence-electron chi connectivity index (χ3n) is 2.76. The number of aromatic nitrogens is 2. The van der Waals surface area contributed by atoms with E-state index in [1.54, 1.807) is 6.07 Å². The van der Waals surface area contributed by atoms with E-state index in [1.807, 2.05) is 0 Å². The maximum atomic E-state index is 13.7. The molecule has 6 heteroatoms. The average Bonchev–Trinajstić information content (AvgIpc) is 2.39. The van der Waals surface area contributed by atoms with E-state index in [9.17, 15) is 13.2 Å². The molecule has 0 saturated heterocycles. The lowest BCUT2D eigenvalue weighted by atomic mass is 10.2. The lowest BCUT2D eigenvalue weighted by molar-refractivity contribution is 0.590. The van der Waals surface area contributed by atoms with Gasteiger partial charge in [0.15, 0.2) is 11.6 Å². The van der Waals surface area contributed by atoms with Crippen LogP contribution >= 0.6 is 11.6 Å². The maximum Gasteiger partial charge on any atom is 0.161 e. The van der Waals surface area contributed by atoms with Gasteiger partial charge in [0.05, 0.1) is 0 Å². The van der Waals surface area contributed by atoms with Crippen LogP contribution in [0.25, 0.3) is 22.3 Å². The highest BCUT2D eigenvalue weighted by Crippen LogP contribution is 2.27. The zero-order chi connectivity index (χ0) is 14.3. The molecule has 0 aliphatic heterocycles. The number of fused-ring (bicyclic) bond motifs is 1. The second kappa shape index (κ2) is 4.76. The van der Waals surface area contributed by atoms with Gasteiger partial charge in [0.1, 0.15) is 22.3 Å². The molecule has 3 aromatic rings. The number of benzene rings is 2. The summed E-state index contributed by atoms with van der Waals surface area (Å²) in [6.07, 6.45) is 0. The van der Waals surface area contributed by atoms with Crippen molar-refractivity contribution in [2.75, 3.05) is 0 Å². The van der Waals surface area contributed by atoms with Gasteiger partial charge < -0.3 is 0 Å². The van der Waals surface area contributed by atoms with Crippen LogP contribution in [0.3, 0.4) is 0 Å². The summed E-state index contributed by atoms with van der Waals surface area (Å²) in [5.74, 6) is -2.00. The van der Waals surface area contributed by atoms with Crippen LogP contribution in [0.5, 0.6) is 0 Å².